The topological polar surface area (TPSA) is 51.4 Å². The smallest absolute Gasteiger partial charge is 0.243 e. The van der Waals surface area contributed by atoms with Gasteiger partial charge in [-0.15, -0.1) is 0 Å². The van der Waals surface area contributed by atoms with E-state index in [1.54, 1.807) is 0 Å². The normalized spacial score (nSPS) is 18.1. The van der Waals surface area contributed by atoms with E-state index >= 15 is 0 Å². The fourth-order valence-corrected chi connectivity index (χ4v) is 3.17. The highest BCUT2D eigenvalue weighted by Crippen LogP contribution is 2.28. The Morgan fingerprint density at radius 2 is 1.83 bits per heavy atom. The third kappa shape index (κ3) is 3.55. The number of rotatable bonds is 4. The molecule has 1 saturated heterocycles. The molecule has 5 heteroatoms. The molecule has 0 aliphatic carbocycles. The summed E-state index contributed by atoms with van der Waals surface area (Å²) in [6.45, 7) is 10.2. The van der Waals surface area contributed by atoms with Gasteiger partial charge in [-0.1, -0.05) is 23.4 Å². The first-order valence-corrected chi connectivity index (χ1v) is 8.31. The summed E-state index contributed by atoms with van der Waals surface area (Å²) < 4.78 is 11.6. The number of piperidine rings is 1. The Hall–Kier alpha value is -1.88. The summed E-state index contributed by atoms with van der Waals surface area (Å²) in [7, 11) is 0. The lowest BCUT2D eigenvalue weighted by atomic mass is 10.0. The minimum Gasteiger partial charge on any atom is -0.490 e. The van der Waals surface area contributed by atoms with Gasteiger partial charge in [0.05, 0.1) is 6.04 Å². The van der Waals surface area contributed by atoms with Gasteiger partial charge in [0.25, 0.3) is 0 Å². The Morgan fingerprint density at radius 1 is 1.17 bits per heavy atom. The van der Waals surface area contributed by atoms with Gasteiger partial charge in [0.15, 0.2) is 5.82 Å². The van der Waals surface area contributed by atoms with Crippen molar-refractivity contribution in [1.29, 1.82) is 0 Å². The highest BCUT2D eigenvalue weighted by atomic mass is 16.5. The lowest BCUT2D eigenvalue weighted by molar-refractivity contribution is 0.0693. The van der Waals surface area contributed by atoms with Crippen molar-refractivity contribution < 1.29 is 9.26 Å². The Morgan fingerprint density at radius 3 is 2.39 bits per heavy atom. The highest BCUT2D eigenvalue weighted by Gasteiger charge is 2.27. The summed E-state index contributed by atoms with van der Waals surface area (Å²) >= 11 is 0. The van der Waals surface area contributed by atoms with Crippen LogP contribution in [-0.2, 0) is 0 Å². The van der Waals surface area contributed by atoms with Gasteiger partial charge in [-0.2, -0.15) is 4.98 Å². The lowest BCUT2D eigenvalue weighted by Gasteiger charge is -2.35. The van der Waals surface area contributed by atoms with E-state index in [9.17, 15) is 0 Å². The number of benzene rings is 1. The van der Waals surface area contributed by atoms with Gasteiger partial charge in [0.1, 0.15) is 11.9 Å². The van der Waals surface area contributed by atoms with Crippen molar-refractivity contribution >= 4 is 0 Å². The maximum Gasteiger partial charge on any atom is 0.243 e. The largest absolute Gasteiger partial charge is 0.490 e. The summed E-state index contributed by atoms with van der Waals surface area (Å²) in [5.41, 5.74) is 2.42. The van der Waals surface area contributed by atoms with Crippen molar-refractivity contribution in [2.45, 2.75) is 52.7 Å². The molecule has 2 heterocycles. The fourth-order valence-electron chi connectivity index (χ4n) is 3.17. The number of aryl methyl sites for hydroxylation is 3. The molecule has 3 rings (SSSR count). The second kappa shape index (κ2) is 6.71. The average molecular weight is 315 g/mol. The molecule has 1 atom stereocenters. The molecule has 2 aromatic rings. The van der Waals surface area contributed by atoms with E-state index in [0.29, 0.717) is 11.7 Å². The van der Waals surface area contributed by atoms with Gasteiger partial charge >= 0.3 is 0 Å². The highest BCUT2D eigenvalue weighted by molar-refractivity contribution is 5.39. The molecule has 0 bridgehead atoms. The third-order valence-corrected chi connectivity index (χ3v) is 4.62. The lowest BCUT2D eigenvalue weighted by Crippen LogP contribution is -2.39. The predicted octanol–water partition coefficient (Wildman–Crippen LogP) is 3.60. The van der Waals surface area contributed by atoms with Crippen LogP contribution in [0.1, 0.15) is 48.6 Å². The first-order valence-electron chi connectivity index (χ1n) is 8.31. The number of ether oxygens (including phenoxy) is 1. The zero-order valence-corrected chi connectivity index (χ0v) is 14.4. The van der Waals surface area contributed by atoms with Gasteiger partial charge in [0, 0.05) is 13.1 Å². The van der Waals surface area contributed by atoms with Crippen molar-refractivity contribution in [3.8, 4) is 5.75 Å². The van der Waals surface area contributed by atoms with Crippen LogP contribution in [0.25, 0.3) is 0 Å². The van der Waals surface area contributed by atoms with Crippen molar-refractivity contribution in [2.24, 2.45) is 0 Å². The molecule has 1 aromatic carbocycles. The van der Waals surface area contributed by atoms with Gasteiger partial charge in [-0.25, -0.2) is 0 Å². The van der Waals surface area contributed by atoms with Crippen LogP contribution in [0.2, 0.25) is 0 Å². The molecule has 0 unspecified atom stereocenters. The van der Waals surface area contributed by atoms with Crippen LogP contribution in [-0.4, -0.2) is 34.2 Å². The zero-order valence-electron chi connectivity index (χ0n) is 14.4. The van der Waals surface area contributed by atoms with Crippen LogP contribution in [0.15, 0.2) is 22.7 Å². The summed E-state index contributed by atoms with van der Waals surface area (Å²) in [5.74, 6) is 2.45. The number of para-hydroxylation sites is 1. The van der Waals surface area contributed by atoms with E-state index in [1.807, 2.05) is 6.92 Å². The van der Waals surface area contributed by atoms with Gasteiger partial charge in [0.2, 0.25) is 5.89 Å². The second-order valence-electron chi connectivity index (χ2n) is 6.43. The van der Waals surface area contributed by atoms with E-state index in [4.69, 9.17) is 9.26 Å². The number of aromatic nitrogens is 2. The van der Waals surface area contributed by atoms with Crippen molar-refractivity contribution in [3.05, 3.63) is 41.0 Å². The molecule has 1 aromatic heterocycles. The Balaban J connectivity index is 1.58. The first kappa shape index (κ1) is 16.0. The minimum atomic E-state index is 0.164. The van der Waals surface area contributed by atoms with Crippen molar-refractivity contribution in [3.63, 3.8) is 0 Å². The molecular weight excluding hydrogens is 290 g/mol. The molecule has 0 radical (unpaired) electrons. The molecule has 0 saturated carbocycles. The maximum atomic E-state index is 6.28. The Bertz CT molecular complexity index is 640. The summed E-state index contributed by atoms with van der Waals surface area (Å²) in [6.07, 6.45) is 2.32. The Labute approximate surface area is 137 Å². The SMILES string of the molecule is Cc1noc([C@H](C)N2CCC(Oc3c(C)cccc3C)CC2)n1. The fraction of sp³-hybridized carbons (Fsp3) is 0.556. The number of hydrogen-bond donors (Lipinski definition) is 0. The second-order valence-corrected chi connectivity index (χ2v) is 6.43. The molecule has 1 aliphatic rings. The molecule has 0 spiro atoms. The standard InChI is InChI=1S/C18H25N3O2/c1-12-6-5-7-13(2)17(12)22-16-8-10-21(11-9-16)14(3)18-19-15(4)20-23-18/h5-7,14,16H,8-11H2,1-4H3/t14-/m0/s1. The third-order valence-electron chi connectivity index (χ3n) is 4.62. The van der Waals surface area contributed by atoms with Gasteiger partial charge in [-0.05, 0) is 51.7 Å². The van der Waals surface area contributed by atoms with Gasteiger partial charge < -0.3 is 9.26 Å². The Kier molecular flexibility index (Phi) is 4.66. The molecule has 23 heavy (non-hydrogen) atoms. The summed E-state index contributed by atoms with van der Waals surface area (Å²) in [5, 5.41) is 3.89. The van der Waals surface area contributed by atoms with E-state index in [1.165, 1.54) is 11.1 Å². The van der Waals surface area contributed by atoms with Crippen LogP contribution in [0, 0.1) is 20.8 Å². The zero-order chi connectivity index (χ0) is 16.4. The van der Waals surface area contributed by atoms with Crippen molar-refractivity contribution in [2.75, 3.05) is 13.1 Å². The quantitative estimate of drug-likeness (QED) is 0.863. The van der Waals surface area contributed by atoms with Crippen molar-refractivity contribution in [1.82, 2.24) is 15.0 Å². The number of likely N-dealkylation sites (tertiary alicyclic amines) is 1. The van der Waals surface area contributed by atoms with E-state index in [-0.39, 0.29) is 12.1 Å². The molecule has 0 amide bonds. The molecule has 0 N–H and O–H groups in total. The first-order chi connectivity index (χ1) is 11.0. The van der Waals surface area contributed by atoms with E-state index in [2.05, 4.69) is 54.0 Å². The minimum absolute atomic E-state index is 0.164. The van der Waals surface area contributed by atoms with Crippen LogP contribution >= 0.6 is 0 Å². The number of nitrogens with zero attached hydrogens (tertiary/aromatic N) is 3. The molecule has 1 aliphatic heterocycles. The summed E-state index contributed by atoms with van der Waals surface area (Å²) in [6, 6.07) is 6.46. The van der Waals surface area contributed by atoms with Crippen LogP contribution in [0.3, 0.4) is 0 Å². The van der Waals surface area contributed by atoms with Crippen LogP contribution < -0.4 is 4.74 Å². The number of hydrogen-bond acceptors (Lipinski definition) is 5. The van der Waals surface area contributed by atoms with E-state index in [0.717, 1.165) is 31.7 Å². The van der Waals surface area contributed by atoms with E-state index < -0.39 is 0 Å². The predicted molar refractivity (Wildman–Crippen MR) is 88.6 cm³/mol. The average Bonchev–Trinajstić information content (AvgIpc) is 2.97. The van der Waals surface area contributed by atoms with Crippen LogP contribution in [0.4, 0.5) is 0 Å². The molecular formula is C18H25N3O2. The molecule has 124 valence electrons. The molecule has 1 fully saturated rings. The van der Waals surface area contributed by atoms with Gasteiger partial charge in [-0.3, -0.25) is 4.90 Å². The maximum absolute atomic E-state index is 6.28. The summed E-state index contributed by atoms with van der Waals surface area (Å²) in [4.78, 5) is 6.73. The van der Waals surface area contributed by atoms with Crippen LogP contribution in [0.5, 0.6) is 5.75 Å². The molecule has 5 nitrogen and oxygen atoms in total. The monoisotopic (exact) mass is 315 g/mol.